The second-order valence-corrected chi connectivity index (χ2v) is 8.00. The minimum Gasteiger partial charge on any atom is -0.273 e. The number of nitro groups is 1. The molecule has 2 aliphatic rings. The fourth-order valence-corrected chi connectivity index (χ4v) is 4.46. The molecule has 2 aliphatic heterocycles. The van der Waals surface area contributed by atoms with E-state index in [1.54, 1.807) is 36.4 Å². The summed E-state index contributed by atoms with van der Waals surface area (Å²) in [5, 5.41) is 12.8. The van der Waals surface area contributed by atoms with Gasteiger partial charge in [0.15, 0.2) is 6.10 Å². The zero-order valence-electron chi connectivity index (χ0n) is 16.8. The Labute approximate surface area is 191 Å². The van der Waals surface area contributed by atoms with Crippen LogP contribution in [0.1, 0.15) is 11.6 Å². The third kappa shape index (κ3) is 3.33. The molecule has 0 aliphatic carbocycles. The van der Waals surface area contributed by atoms with Gasteiger partial charge < -0.3 is 0 Å². The molecule has 3 atom stereocenters. The van der Waals surface area contributed by atoms with E-state index in [-0.39, 0.29) is 16.4 Å². The number of para-hydroxylation sites is 2. The van der Waals surface area contributed by atoms with Crippen LogP contribution in [-0.4, -0.2) is 22.8 Å². The van der Waals surface area contributed by atoms with Gasteiger partial charge in [0.05, 0.1) is 22.3 Å². The van der Waals surface area contributed by atoms with E-state index in [9.17, 15) is 24.1 Å². The van der Waals surface area contributed by atoms with Gasteiger partial charge in [0, 0.05) is 6.07 Å². The Hall–Kier alpha value is -3.82. The smallest absolute Gasteiger partial charge is 0.273 e. The predicted octanol–water partition coefficient (Wildman–Crippen LogP) is 4.44. The van der Waals surface area contributed by atoms with Crippen molar-refractivity contribution < 1.29 is 23.7 Å². The number of nitrogens with zero attached hydrogens (tertiary/aromatic N) is 3. The van der Waals surface area contributed by atoms with E-state index in [4.69, 9.17) is 16.4 Å². The van der Waals surface area contributed by atoms with E-state index in [2.05, 4.69) is 0 Å². The van der Waals surface area contributed by atoms with Crippen molar-refractivity contribution in [2.75, 3.05) is 9.96 Å². The Kier molecular flexibility index (Phi) is 5.07. The molecule has 8 nitrogen and oxygen atoms in total. The first kappa shape index (κ1) is 21.0. The van der Waals surface area contributed by atoms with Crippen LogP contribution in [0.5, 0.6) is 0 Å². The molecule has 166 valence electrons. The van der Waals surface area contributed by atoms with Crippen LogP contribution in [0, 0.1) is 21.8 Å². The molecule has 33 heavy (non-hydrogen) atoms. The first-order valence-electron chi connectivity index (χ1n) is 9.95. The van der Waals surface area contributed by atoms with Crippen molar-refractivity contribution in [3.8, 4) is 0 Å². The van der Waals surface area contributed by atoms with Crippen LogP contribution in [0.25, 0.3) is 0 Å². The molecule has 2 amide bonds. The van der Waals surface area contributed by atoms with Gasteiger partial charge in [-0.05, 0) is 35.9 Å². The summed E-state index contributed by atoms with van der Waals surface area (Å²) in [5.41, 5.74) is 0.400. The lowest BCUT2D eigenvalue weighted by atomic mass is 9.90. The van der Waals surface area contributed by atoms with Gasteiger partial charge in [0.25, 0.3) is 11.6 Å². The van der Waals surface area contributed by atoms with Crippen LogP contribution in [0.15, 0.2) is 72.8 Å². The van der Waals surface area contributed by atoms with E-state index in [0.29, 0.717) is 11.3 Å². The lowest BCUT2D eigenvalue weighted by Gasteiger charge is -2.28. The Bertz CT molecular complexity index is 1290. The maximum atomic E-state index is 14.4. The third-order valence-corrected chi connectivity index (χ3v) is 6.05. The normalized spacial score (nSPS) is 22.1. The number of benzene rings is 3. The maximum Gasteiger partial charge on any atom is 0.288 e. The minimum absolute atomic E-state index is 0.0627. The lowest BCUT2D eigenvalue weighted by Crippen LogP contribution is -2.37. The van der Waals surface area contributed by atoms with Crippen molar-refractivity contribution in [1.29, 1.82) is 0 Å². The Morgan fingerprint density at radius 2 is 1.67 bits per heavy atom. The van der Waals surface area contributed by atoms with E-state index in [0.717, 1.165) is 11.0 Å². The van der Waals surface area contributed by atoms with Crippen molar-refractivity contribution in [3.63, 3.8) is 0 Å². The largest absolute Gasteiger partial charge is 0.288 e. The second kappa shape index (κ2) is 7.95. The van der Waals surface area contributed by atoms with Gasteiger partial charge in [-0.25, -0.2) is 14.4 Å². The second-order valence-electron chi connectivity index (χ2n) is 7.59. The highest BCUT2D eigenvalue weighted by Crippen LogP contribution is 2.48. The Morgan fingerprint density at radius 1 is 0.970 bits per heavy atom. The molecular formula is C23H15ClFN3O5. The number of amides is 2. The summed E-state index contributed by atoms with van der Waals surface area (Å²) in [7, 11) is 0. The first-order valence-corrected chi connectivity index (χ1v) is 10.3. The molecule has 2 fully saturated rings. The average Bonchev–Trinajstić information content (AvgIpc) is 3.31. The topological polar surface area (TPSA) is 93.0 Å². The number of imide groups is 1. The summed E-state index contributed by atoms with van der Waals surface area (Å²) in [4.78, 5) is 44.2. The highest BCUT2D eigenvalue weighted by Gasteiger charge is 2.60. The molecule has 0 radical (unpaired) electrons. The highest BCUT2D eigenvalue weighted by atomic mass is 35.5. The van der Waals surface area contributed by atoms with E-state index in [1.165, 1.54) is 35.4 Å². The van der Waals surface area contributed by atoms with Crippen LogP contribution in [-0.2, 0) is 14.4 Å². The fraction of sp³-hybridized carbons (Fsp3) is 0.130. The molecular weight excluding hydrogens is 453 g/mol. The van der Waals surface area contributed by atoms with Crippen LogP contribution in [0.2, 0.25) is 5.02 Å². The molecule has 0 aromatic heterocycles. The molecule has 2 saturated heterocycles. The predicted molar refractivity (Wildman–Crippen MR) is 117 cm³/mol. The van der Waals surface area contributed by atoms with Crippen molar-refractivity contribution in [2.24, 2.45) is 5.92 Å². The molecule has 0 unspecified atom stereocenters. The van der Waals surface area contributed by atoms with Crippen LogP contribution in [0.3, 0.4) is 0 Å². The summed E-state index contributed by atoms with van der Waals surface area (Å²) < 4.78 is 14.4. The number of fused-ring (bicyclic) bond motifs is 1. The number of hydrogen-bond donors (Lipinski definition) is 0. The number of rotatable bonds is 4. The van der Waals surface area contributed by atoms with Crippen molar-refractivity contribution in [1.82, 2.24) is 0 Å². The molecule has 0 saturated carbocycles. The maximum absolute atomic E-state index is 14.4. The van der Waals surface area contributed by atoms with Crippen LogP contribution >= 0.6 is 11.6 Å². The van der Waals surface area contributed by atoms with Gasteiger partial charge >= 0.3 is 0 Å². The van der Waals surface area contributed by atoms with E-state index < -0.39 is 40.6 Å². The number of halogens is 2. The summed E-state index contributed by atoms with van der Waals surface area (Å²) in [6.45, 7) is 0. The van der Waals surface area contributed by atoms with Gasteiger partial charge in [0.2, 0.25) is 5.91 Å². The van der Waals surface area contributed by atoms with E-state index in [1.807, 2.05) is 0 Å². The molecule has 3 aromatic carbocycles. The standard InChI is InChI=1S/C23H15ClFN3O5/c24-15-11-10-13(12-18(15)28(31)32)20-19-21(33-27(20)14-6-2-1-3-7-14)23(30)26(22(19)29)17-9-5-4-8-16(17)25/h1-12,19-21H/t19-,20-,21+/m0/s1. The number of nitro benzene ring substituents is 1. The quantitative estimate of drug-likeness (QED) is 0.320. The first-order chi connectivity index (χ1) is 15.9. The molecule has 0 spiro atoms. The monoisotopic (exact) mass is 467 g/mol. The van der Waals surface area contributed by atoms with Crippen molar-refractivity contribution in [2.45, 2.75) is 12.1 Å². The zero-order valence-corrected chi connectivity index (χ0v) is 17.6. The molecule has 0 N–H and O–H groups in total. The number of carbonyl (C=O) groups excluding carboxylic acids is 2. The number of anilines is 2. The fourth-order valence-electron chi connectivity index (χ4n) is 4.28. The van der Waals surface area contributed by atoms with Gasteiger partial charge in [-0.3, -0.25) is 24.5 Å². The number of hydrogen-bond acceptors (Lipinski definition) is 6. The molecule has 0 bridgehead atoms. The lowest BCUT2D eigenvalue weighted by molar-refractivity contribution is -0.384. The SMILES string of the molecule is O=C1[C@@H]2[C@@H](ON(c3ccccc3)[C@H]2c2ccc(Cl)c([N+](=O)[O-])c2)C(=O)N1c1ccccc1F. The van der Waals surface area contributed by atoms with Gasteiger partial charge in [0.1, 0.15) is 16.8 Å². The summed E-state index contributed by atoms with van der Waals surface area (Å²) in [6, 6.07) is 17.5. The van der Waals surface area contributed by atoms with Gasteiger partial charge in [-0.2, -0.15) is 0 Å². The summed E-state index contributed by atoms with van der Waals surface area (Å²) in [5.74, 6) is -3.14. The Balaban J connectivity index is 1.63. The Morgan fingerprint density at radius 3 is 2.36 bits per heavy atom. The van der Waals surface area contributed by atoms with Gasteiger partial charge in [-0.1, -0.05) is 48.0 Å². The number of carbonyl (C=O) groups is 2. The van der Waals surface area contributed by atoms with E-state index >= 15 is 0 Å². The van der Waals surface area contributed by atoms with Crippen molar-refractivity contribution >= 4 is 40.5 Å². The molecule has 3 aromatic rings. The van der Waals surface area contributed by atoms with Crippen molar-refractivity contribution in [3.05, 3.63) is 99.3 Å². The summed E-state index contributed by atoms with van der Waals surface area (Å²) in [6.07, 6.45) is -1.22. The summed E-state index contributed by atoms with van der Waals surface area (Å²) >= 11 is 5.98. The number of hydroxylamine groups is 1. The third-order valence-electron chi connectivity index (χ3n) is 5.73. The molecule has 2 heterocycles. The average molecular weight is 468 g/mol. The zero-order chi connectivity index (χ0) is 23.3. The highest BCUT2D eigenvalue weighted by molar-refractivity contribution is 6.32. The van der Waals surface area contributed by atoms with Gasteiger partial charge in [-0.15, -0.1) is 0 Å². The molecule has 10 heteroatoms. The van der Waals surface area contributed by atoms with Crippen LogP contribution < -0.4 is 9.96 Å². The minimum atomic E-state index is -1.22. The molecule has 5 rings (SSSR count). The van der Waals surface area contributed by atoms with Crippen LogP contribution in [0.4, 0.5) is 21.5 Å².